The van der Waals surface area contributed by atoms with Crippen LogP contribution in [0.4, 0.5) is 8.78 Å². The lowest BCUT2D eigenvalue weighted by Crippen LogP contribution is -2.29. The maximum Gasteiger partial charge on any atom is 0.241 e. The standard InChI is InChI=1S/C17H13F2NO2S2/c18-14-9-8-13(11-15(14)19)24(21,22)20-17(16-7-4-10-23-16)12-5-2-1-3-6-12/h1-11,17,20H. The van der Waals surface area contributed by atoms with Crippen LogP contribution in [-0.4, -0.2) is 8.42 Å². The minimum atomic E-state index is -4.02. The Morgan fingerprint density at radius 2 is 1.67 bits per heavy atom. The highest BCUT2D eigenvalue weighted by Crippen LogP contribution is 2.28. The second kappa shape index (κ2) is 6.80. The molecule has 24 heavy (non-hydrogen) atoms. The normalized spacial score (nSPS) is 12.9. The van der Waals surface area contributed by atoms with Crippen molar-refractivity contribution < 1.29 is 17.2 Å². The van der Waals surface area contributed by atoms with Crippen LogP contribution in [0.3, 0.4) is 0 Å². The van der Waals surface area contributed by atoms with E-state index in [2.05, 4.69) is 4.72 Å². The molecule has 3 aromatic rings. The Bertz CT molecular complexity index is 926. The van der Waals surface area contributed by atoms with Crippen molar-refractivity contribution in [1.82, 2.24) is 4.72 Å². The van der Waals surface area contributed by atoms with Crippen LogP contribution < -0.4 is 4.72 Å². The largest absolute Gasteiger partial charge is 0.241 e. The third-order valence-electron chi connectivity index (χ3n) is 3.43. The zero-order valence-electron chi connectivity index (χ0n) is 12.3. The first-order valence-electron chi connectivity index (χ1n) is 7.03. The highest BCUT2D eigenvalue weighted by molar-refractivity contribution is 7.89. The first-order valence-corrected chi connectivity index (χ1v) is 9.39. The molecule has 0 fully saturated rings. The number of rotatable bonds is 5. The minimum Gasteiger partial charge on any atom is -0.207 e. The van der Waals surface area contributed by atoms with Crippen LogP contribution in [0.1, 0.15) is 16.5 Å². The van der Waals surface area contributed by atoms with Gasteiger partial charge in [-0.1, -0.05) is 36.4 Å². The molecule has 1 heterocycles. The third-order valence-corrected chi connectivity index (χ3v) is 5.79. The average molecular weight is 365 g/mol. The third kappa shape index (κ3) is 3.53. The molecule has 0 spiro atoms. The summed E-state index contributed by atoms with van der Waals surface area (Å²) in [4.78, 5) is 0.478. The predicted molar refractivity (Wildman–Crippen MR) is 89.3 cm³/mol. The number of benzene rings is 2. The molecule has 0 saturated carbocycles. The summed E-state index contributed by atoms with van der Waals surface area (Å²) in [6, 6.07) is 14.6. The van der Waals surface area contributed by atoms with Crippen molar-refractivity contribution >= 4 is 21.4 Å². The molecular weight excluding hydrogens is 352 g/mol. The van der Waals surface area contributed by atoms with Gasteiger partial charge in [-0.25, -0.2) is 17.2 Å². The van der Waals surface area contributed by atoms with Crippen LogP contribution in [0.2, 0.25) is 0 Å². The monoisotopic (exact) mass is 365 g/mol. The number of halogens is 2. The Kier molecular flexibility index (Phi) is 4.75. The predicted octanol–water partition coefficient (Wildman–Crippen LogP) is 4.09. The Labute approximate surface area is 142 Å². The Morgan fingerprint density at radius 1 is 0.917 bits per heavy atom. The maximum absolute atomic E-state index is 13.4. The fourth-order valence-electron chi connectivity index (χ4n) is 2.26. The van der Waals surface area contributed by atoms with Gasteiger partial charge < -0.3 is 0 Å². The van der Waals surface area contributed by atoms with Gasteiger partial charge in [0, 0.05) is 4.88 Å². The Morgan fingerprint density at radius 3 is 2.29 bits per heavy atom. The highest BCUT2D eigenvalue weighted by atomic mass is 32.2. The molecule has 1 N–H and O–H groups in total. The van der Waals surface area contributed by atoms with Crippen LogP contribution in [0, 0.1) is 11.6 Å². The van der Waals surface area contributed by atoms with E-state index in [1.807, 2.05) is 35.7 Å². The molecule has 124 valence electrons. The van der Waals surface area contributed by atoms with Crippen molar-refractivity contribution in [2.75, 3.05) is 0 Å². The molecule has 3 rings (SSSR count). The molecule has 0 radical (unpaired) electrons. The molecule has 2 aromatic carbocycles. The summed E-state index contributed by atoms with van der Waals surface area (Å²) in [5, 5.41) is 1.84. The van der Waals surface area contributed by atoms with Gasteiger partial charge in [0.25, 0.3) is 0 Å². The minimum absolute atomic E-state index is 0.320. The van der Waals surface area contributed by atoms with Crippen molar-refractivity contribution in [2.45, 2.75) is 10.9 Å². The zero-order valence-corrected chi connectivity index (χ0v) is 14.0. The first-order chi connectivity index (χ1) is 11.5. The van der Waals surface area contributed by atoms with Gasteiger partial charge in [-0.3, -0.25) is 0 Å². The first kappa shape index (κ1) is 16.8. The van der Waals surface area contributed by atoms with E-state index in [4.69, 9.17) is 0 Å². The van der Waals surface area contributed by atoms with E-state index in [9.17, 15) is 17.2 Å². The molecule has 0 aliphatic rings. The summed E-state index contributed by atoms with van der Waals surface area (Å²) in [5.41, 5.74) is 0.756. The molecule has 7 heteroatoms. The lowest BCUT2D eigenvalue weighted by atomic mass is 10.1. The van der Waals surface area contributed by atoms with Gasteiger partial charge in [0.2, 0.25) is 10.0 Å². The number of sulfonamides is 1. The van der Waals surface area contributed by atoms with Gasteiger partial charge >= 0.3 is 0 Å². The van der Waals surface area contributed by atoms with Crippen molar-refractivity contribution in [2.24, 2.45) is 0 Å². The number of thiophene rings is 1. The Balaban J connectivity index is 1.99. The molecule has 1 aromatic heterocycles. The van der Waals surface area contributed by atoms with Gasteiger partial charge in [0.05, 0.1) is 10.9 Å². The van der Waals surface area contributed by atoms with E-state index < -0.39 is 27.7 Å². The van der Waals surface area contributed by atoms with Crippen molar-refractivity contribution in [3.63, 3.8) is 0 Å². The molecule has 0 bridgehead atoms. The van der Waals surface area contributed by atoms with Crippen LogP contribution in [-0.2, 0) is 10.0 Å². The fourth-order valence-corrected chi connectivity index (χ4v) is 4.35. The quantitative estimate of drug-likeness (QED) is 0.740. The van der Waals surface area contributed by atoms with Crippen LogP contribution in [0.15, 0.2) is 70.9 Å². The van der Waals surface area contributed by atoms with E-state index in [1.54, 1.807) is 12.1 Å². The van der Waals surface area contributed by atoms with Gasteiger partial charge in [0.15, 0.2) is 11.6 Å². The second-order valence-corrected chi connectivity index (χ2v) is 7.75. The maximum atomic E-state index is 13.4. The van der Waals surface area contributed by atoms with E-state index in [0.717, 1.165) is 22.6 Å². The summed E-state index contributed by atoms with van der Waals surface area (Å²) >= 11 is 1.41. The fraction of sp³-hybridized carbons (Fsp3) is 0.0588. The van der Waals surface area contributed by atoms with Crippen LogP contribution in [0.25, 0.3) is 0 Å². The summed E-state index contributed by atoms with van der Waals surface area (Å²) in [7, 11) is -4.02. The molecule has 0 saturated heterocycles. The number of nitrogens with one attached hydrogen (secondary N) is 1. The Hall–Kier alpha value is -2.09. The lowest BCUT2D eigenvalue weighted by Gasteiger charge is -2.18. The summed E-state index contributed by atoms with van der Waals surface area (Å²) in [5.74, 6) is -2.29. The van der Waals surface area contributed by atoms with Crippen molar-refractivity contribution in [1.29, 1.82) is 0 Å². The highest BCUT2D eigenvalue weighted by Gasteiger charge is 2.24. The van der Waals surface area contributed by atoms with E-state index in [1.165, 1.54) is 11.3 Å². The molecule has 1 unspecified atom stereocenters. The van der Waals surface area contributed by atoms with E-state index >= 15 is 0 Å². The van der Waals surface area contributed by atoms with Crippen molar-refractivity contribution in [3.05, 3.63) is 88.1 Å². The van der Waals surface area contributed by atoms with Gasteiger partial charge in [-0.05, 0) is 35.2 Å². The molecule has 1 atom stereocenters. The lowest BCUT2D eigenvalue weighted by molar-refractivity contribution is 0.504. The molecular formula is C17H13F2NO2S2. The summed E-state index contributed by atoms with van der Waals surface area (Å²) in [6.45, 7) is 0. The molecule has 0 amide bonds. The summed E-state index contributed by atoms with van der Waals surface area (Å²) < 4.78 is 54.2. The zero-order chi connectivity index (χ0) is 17.2. The van der Waals surface area contributed by atoms with Crippen LogP contribution >= 0.6 is 11.3 Å². The number of hydrogen-bond acceptors (Lipinski definition) is 3. The molecule has 0 aliphatic heterocycles. The van der Waals surface area contributed by atoms with Gasteiger partial charge in [-0.2, -0.15) is 4.72 Å². The SMILES string of the molecule is O=S(=O)(NC(c1ccccc1)c1cccs1)c1ccc(F)c(F)c1. The molecule has 3 nitrogen and oxygen atoms in total. The number of hydrogen-bond donors (Lipinski definition) is 1. The van der Waals surface area contributed by atoms with Crippen LogP contribution in [0.5, 0.6) is 0 Å². The summed E-state index contributed by atoms with van der Waals surface area (Å²) in [6.07, 6.45) is 0. The topological polar surface area (TPSA) is 46.2 Å². The average Bonchev–Trinajstić information content (AvgIpc) is 3.10. The van der Waals surface area contributed by atoms with Crippen molar-refractivity contribution in [3.8, 4) is 0 Å². The van der Waals surface area contributed by atoms with E-state index in [-0.39, 0.29) is 4.90 Å². The van der Waals surface area contributed by atoms with Gasteiger partial charge in [-0.15, -0.1) is 11.3 Å². The molecule has 0 aliphatic carbocycles. The van der Waals surface area contributed by atoms with E-state index in [0.29, 0.717) is 6.07 Å². The second-order valence-electron chi connectivity index (χ2n) is 5.06. The van der Waals surface area contributed by atoms with Gasteiger partial charge in [0.1, 0.15) is 0 Å². The smallest absolute Gasteiger partial charge is 0.207 e.